The molecule has 0 saturated heterocycles. The summed E-state index contributed by atoms with van der Waals surface area (Å²) in [7, 11) is 1.60. The molecule has 1 aromatic carbocycles. The van der Waals surface area contributed by atoms with Crippen molar-refractivity contribution in [2.75, 3.05) is 7.11 Å². The van der Waals surface area contributed by atoms with Gasteiger partial charge in [0.2, 0.25) is 5.76 Å². The number of aryl methyl sites for hydroxylation is 1. The molecular weight excluding hydrogens is 234 g/mol. The summed E-state index contributed by atoms with van der Waals surface area (Å²) in [6, 6.07) is 5.17. The molecule has 0 unspecified atom stereocenters. The third-order valence-corrected chi connectivity index (χ3v) is 2.80. The summed E-state index contributed by atoms with van der Waals surface area (Å²) in [5.74, 6) is -0.540. The van der Waals surface area contributed by atoms with E-state index in [0.29, 0.717) is 5.69 Å². The second-order valence-electron chi connectivity index (χ2n) is 3.97. The van der Waals surface area contributed by atoms with Gasteiger partial charge in [0.25, 0.3) is 0 Å². The number of hydrogen-bond acceptors (Lipinski definition) is 4. The van der Waals surface area contributed by atoms with Gasteiger partial charge < -0.3 is 14.4 Å². The van der Waals surface area contributed by atoms with Crippen molar-refractivity contribution < 1.29 is 19.2 Å². The molecule has 0 aliphatic rings. The average Bonchev–Trinajstić information content (AvgIpc) is 2.79. The van der Waals surface area contributed by atoms with Gasteiger partial charge in [-0.1, -0.05) is 17.3 Å². The SMILES string of the molecule is COc1c(C)ccc(-c2cc(C(=O)O)on2)c1C. The number of carboxylic acid groups (broad SMARTS) is 1. The molecule has 1 N–H and O–H groups in total. The van der Waals surface area contributed by atoms with Crippen LogP contribution in [0.1, 0.15) is 21.7 Å². The zero-order chi connectivity index (χ0) is 13.3. The highest BCUT2D eigenvalue weighted by molar-refractivity contribution is 5.86. The lowest BCUT2D eigenvalue weighted by Crippen LogP contribution is -1.94. The number of benzene rings is 1. The van der Waals surface area contributed by atoms with Crippen LogP contribution in [-0.4, -0.2) is 23.3 Å². The predicted molar refractivity (Wildman–Crippen MR) is 64.9 cm³/mol. The molecule has 2 rings (SSSR count). The molecule has 18 heavy (non-hydrogen) atoms. The van der Waals surface area contributed by atoms with Crippen LogP contribution in [0.2, 0.25) is 0 Å². The van der Waals surface area contributed by atoms with Gasteiger partial charge in [-0.05, 0) is 19.4 Å². The maximum absolute atomic E-state index is 10.7. The van der Waals surface area contributed by atoms with Crippen molar-refractivity contribution in [3.63, 3.8) is 0 Å². The molecular formula is C13H13NO4. The molecule has 1 aromatic heterocycles. The fraction of sp³-hybridized carbons (Fsp3) is 0.231. The molecule has 0 aliphatic carbocycles. The Bertz CT molecular complexity index is 601. The van der Waals surface area contributed by atoms with Crippen LogP contribution >= 0.6 is 0 Å². The number of nitrogens with zero attached hydrogens (tertiary/aromatic N) is 1. The highest BCUT2D eigenvalue weighted by Crippen LogP contribution is 2.32. The van der Waals surface area contributed by atoms with Crippen LogP contribution in [0.15, 0.2) is 22.7 Å². The fourth-order valence-electron chi connectivity index (χ4n) is 1.92. The van der Waals surface area contributed by atoms with Crippen molar-refractivity contribution in [1.29, 1.82) is 0 Å². The molecule has 2 aromatic rings. The monoisotopic (exact) mass is 247 g/mol. The van der Waals surface area contributed by atoms with Gasteiger partial charge in [-0.2, -0.15) is 0 Å². The molecule has 0 fully saturated rings. The number of rotatable bonds is 3. The summed E-state index contributed by atoms with van der Waals surface area (Å²) in [6.07, 6.45) is 0. The number of carbonyl (C=O) groups is 1. The van der Waals surface area contributed by atoms with Crippen molar-refractivity contribution in [3.8, 4) is 17.0 Å². The smallest absolute Gasteiger partial charge is 0.374 e. The minimum atomic E-state index is -1.13. The highest BCUT2D eigenvalue weighted by atomic mass is 16.5. The van der Waals surface area contributed by atoms with Crippen LogP contribution in [0, 0.1) is 13.8 Å². The van der Waals surface area contributed by atoms with Crippen molar-refractivity contribution >= 4 is 5.97 Å². The van der Waals surface area contributed by atoms with Crippen LogP contribution in [0.4, 0.5) is 0 Å². The Morgan fingerprint density at radius 1 is 1.39 bits per heavy atom. The molecule has 94 valence electrons. The average molecular weight is 247 g/mol. The van der Waals surface area contributed by atoms with Gasteiger partial charge in [-0.3, -0.25) is 0 Å². The molecule has 0 bridgehead atoms. The second kappa shape index (κ2) is 4.52. The van der Waals surface area contributed by atoms with Crippen molar-refractivity contribution in [2.45, 2.75) is 13.8 Å². The summed E-state index contributed by atoms with van der Waals surface area (Å²) in [5, 5.41) is 12.6. The van der Waals surface area contributed by atoms with E-state index < -0.39 is 5.97 Å². The van der Waals surface area contributed by atoms with Crippen molar-refractivity contribution in [1.82, 2.24) is 5.16 Å². The Morgan fingerprint density at radius 3 is 2.67 bits per heavy atom. The van der Waals surface area contributed by atoms with E-state index in [4.69, 9.17) is 14.4 Å². The Balaban J connectivity index is 2.53. The quantitative estimate of drug-likeness (QED) is 0.902. The molecule has 0 radical (unpaired) electrons. The molecule has 0 atom stereocenters. The van der Waals surface area contributed by atoms with E-state index >= 15 is 0 Å². The minimum absolute atomic E-state index is 0.177. The van der Waals surface area contributed by atoms with Gasteiger partial charge in [-0.25, -0.2) is 4.79 Å². The zero-order valence-corrected chi connectivity index (χ0v) is 10.4. The number of carboxylic acids is 1. The zero-order valence-electron chi connectivity index (χ0n) is 10.4. The highest BCUT2D eigenvalue weighted by Gasteiger charge is 2.16. The lowest BCUT2D eigenvalue weighted by Gasteiger charge is -2.11. The first kappa shape index (κ1) is 12.2. The lowest BCUT2D eigenvalue weighted by atomic mass is 10.0. The molecule has 1 heterocycles. The number of aromatic carboxylic acids is 1. The van der Waals surface area contributed by atoms with Gasteiger partial charge in [-0.15, -0.1) is 0 Å². The predicted octanol–water partition coefficient (Wildman–Crippen LogP) is 2.67. The summed E-state index contributed by atoms with van der Waals surface area (Å²) in [6.45, 7) is 3.84. The molecule has 0 saturated carbocycles. The van der Waals surface area contributed by atoms with Gasteiger partial charge in [0.05, 0.1) is 7.11 Å². The van der Waals surface area contributed by atoms with Crippen molar-refractivity contribution in [2.24, 2.45) is 0 Å². The minimum Gasteiger partial charge on any atom is -0.496 e. The van der Waals surface area contributed by atoms with Gasteiger partial charge in [0.15, 0.2) is 0 Å². The fourth-order valence-corrected chi connectivity index (χ4v) is 1.92. The number of ether oxygens (including phenoxy) is 1. The van der Waals surface area contributed by atoms with Crippen LogP contribution in [0.5, 0.6) is 5.75 Å². The Labute approximate surface area is 104 Å². The molecule has 0 amide bonds. The first-order valence-corrected chi connectivity index (χ1v) is 5.39. The van der Waals surface area contributed by atoms with E-state index in [1.807, 2.05) is 26.0 Å². The molecule has 5 nitrogen and oxygen atoms in total. The Hall–Kier alpha value is -2.30. The first-order valence-electron chi connectivity index (χ1n) is 5.39. The topological polar surface area (TPSA) is 72.6 Å². The Morgan fingerprint density at radius 2 is 2.11 bits per heavy atom. The van der Waals surface area contributed by atoms with Crippen molar-refractivity contribution in [3.05, 3.63) is 35.1 Å². The number of methoxy groups -OCH3 is 1. The third-order valence-electron chi connectivity index (χ3n) is 2.80. The largest absolute Gasteiger partial charge is 0.496 e. The summed E-state index contributed by atoms with van der Waals surface area (Å²) >= 11 is 0. The third kappa shape index (κ3) is 1.95. The normalized spacial score (nSPS) is 10.4. The number of hydrogen-bond donors (Lipinski definition) is 1. The Kier molecular flexibility index (Phi) is 3.06. The van der Waals surface area contributed by atoms with Crippen LogP contribution in [0.25, 0.3) is 11.3 Å². The van der Waals surface area contributed by atoms with Gasteiger partial charge >= 0.3 is 5.97 Å². The summed E-state index contributed by atoms with van der Waals surface area (Å²) < 4.78 is 10.1. The van der Waals surface area contributed by atoms with E-state index in [1.165, 1.54) is 6.07 Å². The van der Waals surface area contributed by atoms with E-state index in [1.54, 1.807) is 7.11 Å². The second-order valence-corrected chi connectivity index (χ2v) is 3.97. The van der Waals surface area contributed by atoms with E-state index in [2.05, 4.69) is 5.16 Å². The maximum atomic E-state index is 10.7. The lowest BCUT2D eigenvalue weighted by molar-refractivity contribution is 0.0652. The standard InChI is InChI=1S/C13H13NO4/c1-7-4-5-9(8(2)12(7)17-3)10-6-11(13(15)16)18-14-10/h4-6H,1-3H3,(H,15,16). The van der Waals surface area contributed by atoms with E-state index in [-0.39, 0.29) is 5.76 Å². The van der Waals surface area contributed by atoms with Crippen LogP contribution in [-0.2, 0) is 0 Å². The maximum Gasteiger partial charge on any atom is 0.374 e. The molecule has 0 spiro atoms. The van der Waals surface area contributed by atoms with Gasteiger partial charge in [0.1, 0.15) is 11.4 Å². The van der Waals surface area contributed by atoms with Gasteiger partial charge in [0, 0.05) is 17.2 Å². The van der Waals surface area contributed by atoms with E-state index in [0.717, 1.165) is 22.4 Å². The summed E-state index contributed by atoms with van der Waals surface area (Å²) in [5.41, 5.74) is 3.21. The first-order chi connectivity index (χ1) is 8.54. The van der Waals surface area contributed by atoms with Crippen LogP contribution < -0.4 is 4.74 Å². The number of aromatic nitrogens is 1. The molecule has 0 aliphatic heterocycles. The molecule has 5 heteroatoms. The van der Waals surface area contributed by atoms with Crippen LogP contribution in [0.3, 0.4) is 0 Å². The summed E-state index contributed by atoms with van der Waals surface area (Å²) in [4.78, 5) is 10.7. The van der Waals surface area contributed by atoms with E-state index in [9.17, 15) is 4.79 Å².